The van der Waals surface area contributed by atoms with Crippen LogP contribution in [-0.2, 0) is 9.59 Å². The van der Waals surface area contributed by atoms with Crippen LogP contribution in [0.4, 0.5) is 0 Å². The van der Waals surface area contributed by atoms with Crippen LogP contribution < -0.4 is 5.32 Å². The van der Waals surface area contributed by atoms with E-state index in [2.05, 4.69) is 5.32 Å². The smallest absolute Gasteiger partial charge is 0.305 e. The van der Waals surface area contributed by atoms with Crippen LogP contribution in [0, 0.1) is 0 Å². The molecule has 1 aromatic rings. The third kappa shape index (κ3) is 3.57. The highest BCUT2D eigenvalue weighted by atomic mass is 32.1. The van der Waals surface area contributed by atoms with Crippen molar-refractivity contribution in [1.82, 2.24) is 10.2 Å². The molecule has 108 valence electrons. The van der Waals surface area contributed by atoms with Crippen LogP contribution in [0.1, 0.15) is 28.9 Å². The van der Waals surface area contributed by atoms with E-state index in [-0.39, 0.29) is 30.8 Å². The van der Waals surface area contributed by atoms with Gasteiger partial charge in [0.05, 0.1) is 17.8 Å². The van der Waals surface area contributed by atoms with Crippen molar-refractivity contribution in [2.45, 2.75) is 25.3 Å². The van der Waals surface area contributed by atoms with Crippen LogP contribution >= 0.6 is 11.3 Å². The molecule has 7 heteroatoms. The van der Waals surface area contributed by atoms with Crippen molar-refractivity contribution >= 4 is 29.1 Å². The Morgan fingerprint density at radius 3 is 2.90 bits per heavy atom. The quantitative estimate of drug-likeness (QED) is 0.846. The molecule has 1 fully saturated rings. The molecular weight excluding hydrogens is 280 g/mol. The molecular formula is C13H16N2O4S. The Balaban J connectivity index is 1.85. The topological polar surface area (TPSA) is 86.7 Å². The maximum Gasteiger partial charge on any atom is 0.305 e. The molecule has 0 radical (unpaired) electrons. The molecule has 0 aliphatic carbocycles. The van der Waals surface area contributed by atoms with Crippen molar-refractivity contribution in [2.24, 2.45) is 0 Å². The zero-order valence-corrected chi connectivity index (χ0v) is 11.7. The Morgan fingerprint density at radius 2 is 2.25 bits per heavy atom. The van der Waals surface area contributed by atoms with E-state index in [0.29, 0.717) is 17.8 Å². The Morgan fingerprint density at radius 1 is 1.45 bits per heavy atom. The summed E-state index contributed by atoms with van der Waals surface area (Å²) in [4.78, 5) is 36.6. The molecule has 2 N–H and O–H groups in total. The zero-order valence-electron chi connectivity index (χ0n) is 10.9. The first-order chi connectivity index (χ1) is 9.58. The molecule has 1 aliphatic heterocycles. The van der Waals surface area contributed by atoms with Gasteiger partial charge in [-0.25, -0.2) is 0 Å². The van der Waals surface area contributed by atoms with E-state index in [4.69, 9.17) is 5.11 Å². The van der Waals surface area contributed by atoms with E-state index in [9.17, 15) is 14.4 Å². The number of nitrogens with one attached hydrogen (secondary N) is 1. The van der Waals surface area contributed by atoms with Gasteiger partial charge in [-0.05, 0) is 24.3 Å². The van der Waals surface area contributed by atoms with E-state index in [1.54, 1.807) is 22.4 Å². The highest BCUT2D eigenvalue weighted by Gasteiger charge is 2.30. The van der Waals surface area contributed by atoms with Gasteiger partial charge in [0, 0.05) is 12.6 Å². The van der Waals surface area contributed by atoms with E-state index in [1.165, 1.54) is 11.3 Å². The van der Waals surface area contributed by atoms with Crippen LogP contribution in [0.25, 0.3) is 0 Å². The number of carbonyl (C=O) groups excluding carboxylic acids is 2. The minimum Gasteiger partial charge on any atom is -0.481 e. The zero-order chi connectivity index (χ0) is 14.5. The van der Waals surface area contributed by atoms with Crippen LogP contribution in [0.3, 0.4) is 0 Å². The van der Waals surface area contributed by atoms with Gasteiger partial charge in [-0.1, -0.05) is 6.07 Å². The van der Waals surface area contributed by atoms with Gasteiger partial charge in [0.1, 0.15) is 0 Å². The first kappa shape index (κ1) is 14.5. The lowest BCUT2D eigenvalue weighted by Crippen LogP contribution is -2.43. The van der Waals surface area contributed by atoms with Gasteiger partial charge in [0.2, 0.25) is 5.91 Å². The average Bonchev–Trinajstić information content (AvgIpc) is 3.05. The third-order valence-corrected chi connectivity index (χ3v) is 4.12. The number of hydrogen-bond acceptors (Lipinski definition) is 4. The van der Waals surface area contributed by atoms with Crippen LogP contribution in [0.5, 0.6) is 0 Å². The lowest BCUT2D eigenvalue weighted by atomic mass is 10.1. The molecule has 1 aliphatic rings. The summed E-state index contributed by atoms with van der Waals surface area (Å²) in [6.45, 7) is 0.471. The standard InChI is InChI=1S/C13H16N2O4S/c16-11(8-14-13(19)10-4-2-6-20-10)15-5-1-3-9(15)7-12(17)18/h2,4,6,9H,1,3,5,7-8H2,(H,14,19)(H,17,18). The number of thiophene rings is 1. The van der Waals surface area contributed by atoms with Crippen LogP contribution in [0.15, 0.2) is 17.5 Å². The molecule has 0 aromatic carbocycles. The molecule has 0 spiro atoms. The average molecular weight is 296 g/mol. The predicted octanol–water partition coefficient (Wildman–Crippen LogP) is 0.944. The van der Waals surface area contributed by atoms with Gasteiger partial charge >= 0.3 is 5.97 Å². The number of aliphatic carboxylic acids is 1. The van der Waals surface area contributed by atoms with Gasteiger partial charge in [-0.3, -0.25) is 14.4 Å². The molecule has 20 heavy (non-hydrogen) atoms. The lowest BCUT2D eigenvalue weighted by Gasteiger charge is -2.23. The fraction of sp³-hybridized carbons (Fsp3) is 0.462. The number of likely N-dealkylation sites (tertiary alicyclic amines) is 1. The normalized spacial score (nSPS) is 18.0. The Bertz CT molecular complexity index is 500. The molecule has 0 saturated carbocycles. The second-order valence-corrected chi connectivity index (χ2v) is 5.59. The number of carbonyl (C=O) groups is 3. The van der Waals surface area contributed by atoms with Crippen molar-refractivity contribution in [3.63, 3.8) is 0 Å². The predicted molar refractivity (Wildman–Crippen MR) is 73.6 cm³/mol. The van der Waals surface area contributed by atoms with Gasteiger partial charge in [-0.15, -0.1) is 11.3 Å². The van der Waals surface area contributed by atoms with Gasteiger partial charge in [-0.2, -0.15) is 0 Å². The second kappa shape index (κ2) is 6.51. The van der Waals surface area contributed by atoms with E-state index < -0.39 is 5.97 Å². The molecule has 1 saturated heterocycles. The number of nitrogens with zero attached hydrogens (tertiary/aromatic N) is 1. The molecule has 2 amide bonds. The summed E-state index contributed by atoms with van der Waals surface area (Å²) < 4.78 is 0. The van der Waals surface area contributed by atoms with Crippen molar-refractivity contribution in [3.8, 4) is 0 Å². The molecule has 1 atom stereocenters. The number of carboxylic acids is 1. The van der Waals surface area contributed by atoms with Crippen molar-refractivity contribution < 1.29 is 19.5 Å². The summed E-state index contributed by atoms with van der Waals surface area (Å²) in [5.41, 5.74) is 0. The summed E-state index contributed by atoms with van der Waals surface area (Å²) in [5, 5.41) is 13.2. The Labute approximate surface area is 120 Å². The van der Waals surface area contributed by atoms with Gasteiger partial charge in [0.25, 0.3) is 5.91 Å². The highest BCUT2D eigenvalue weighted by molar-refractivity contribution is 7.12. The van der Waals surface area contributed by atoms with Crippen LogP contribution in [0.2, 0.25) is 0 Å². The van der Waals surface area contributed by atoms with Crippen molar-refractivity contribution in [3.05, 3.63) is 22.4 Å². The molecule has 0 bridgehead atoms. The highest BCUT2D eigenvalue weighted by Crippen LogP contribution is 2.20. The van der Waals surface area contributed by atoms with Crippen molar-refractivity contribution in [1.29, 1.82) is 0 Å². The monoisotopic (exact) mass is 296 g/mol. The summed E-state index contributed by atoms with van der Waals surface area (Å²) in [7, 11) is 0. The molecule has 2 heterocycles. The number of carboxylic acid groups (broad SMARTS) is 1. The number of hydrogen-bond donors (Lipinski definition) is 2. The number of amides is 2. The Hall–Kier alpha value is -1.89. The summed E-state index contributed by atoms with van der Waals surface area (Å²) >= 11 is 1.31. The summed E-state index contributed by atoms with van der Waals surface area (Å²) in [5.74, 6) is -1.40. The SMILES string of the molecule is O=C(O)CC1CCCN1C(=O)CNC(=O)c1cccs1. The minimum absolute atomic E-state index is 0.0371. The first-order valence-electron chi connectivity index (χ1n) is 6.41. The first-order valence-corrected chi connectivity index (χ1v) is 7.29. The van der Waals surface area contributed by atoms with E-state index in [1.807, 2.05) is 0 Å². The molecule has 1 aromatic heterocycles. The third-order valence-electron chi connectivity index (χ3n) is 3.25. The largest absolute Gasteiger partial charge is 0.481 e. The minimum atomic E-state index is -0.905. The van der Waals surface area contributed by atoms with Crippen molar-refractivity contribution in [2.75, 3.05) is 13.1 Å². The summed E-state index contributed by atoms with van der Waals surface area (Å²) in [6, 6.07) is 3.21. The van der Waals surface area contributed by atoms with E-state index in [0.717, 1.165) is 6.42 Å². The molecule has 6 nitrogen and oxygen atoms in total. The Kier molecular flexibility index (Phi) is 4.73. The van der Waals surface area contributed by atoms with Gasteiger partial charge < -0.3 is 15.3 Å². The molecule has 2 rings (SSSR count). The fourth-order valence-electron chi connectivity index (χ4n) is 2.33. The lowest BCUT2D eigenvalue weighted by molar-refractivity contribution is -0.139. The van der Waals surface area contributed by atoms with Gasteiger partial charge in [0.15, 0.2) is 0 Å². The molecule has 1 unspecified atom stereocenters. The maximum atomic E-state index is 12.0. The van der Waals surface area contributed by atoms with Crippen LogP contribution in [-0.4, -0.2) is 46.9 Å². The fourth-order valence-corrected chi connectivity index (χ4v) is 2.97. The summed E-state index contributed by atoms with van der Waals surface area (Å²) in [6.07, 6.45) is 1.48. The van der Waals surface area contributed by atoms with E-state index >= 15 is 0 Å². The second-order valence-electron chi connectivity index (χ2n) is 4.64. The number of rotatable bonds is 5. The maximum absolute atomic E-state index is 12.0.